The van der Waals surface area contributed by atoms with Gasteiger partial charge in [0.2, 0.25) is 0 Å². The quantitative estimate of drug-likeness (QED) is 0.226. The molecule has 0 aliphatic carbocycles. The van der Waals surface area contributed by atoms with E-state index >= 15 is 0 Å². The van der Waals surface area contributed by atoms with E-state index in [0.29, 0.717) is 13.2 Å². The molecule has 2 N–H and O–H groups in total. The van der Waals surface area contributed by atoms with Gasteiger partial charge < -0.3 is 20.1 Å². The average Bonchev–Trinajstić information content (AvgIpc) is 3.34. The van der Waals surface area contributed by atoms with Crippen molar-refractivity contribution in [3.8, 4) is 17.2 Å². The average molecular weight is 549 g/mol. The van der Waals surface area contributed by atoms with Crippen LogP contribution in [0, 0.1) is 0 Å². The summed E-state index contributed by atoms with van der Waals surface area (Å²) in [6.45, 7) is 6.77. The lowest BCUT2D eigenvalue weighted by Gasteiger charge is -2.13. The number of ether oxygens (including phenoxy) is 2. The van der Waals surface area contributed by atoms with Gasteiger partial charge in [0, 0.05) is 25.5 Å². The zero-order valence-corrected chi connectivity index (χ0v) is 21.2. The van der Waals surface area contributed by atoms with Crippen molar-refractivity contribution in [2.24, 2.45) is 4.99 Å². The van der Waals surface area contributed by atoms with Gasteiger partial charge in [0.15, 0.2) is 17.5 Å². The number of aliphatic imine (C=N–C) groups is 1. The van der Waals surface area contributed by atoms with Gasteiger partial charge in [0.25, 0.3) is 0 Å². The molecule has 0 atom stereocenters. The summed E-state index contributed by atoms with van der Waals surface area (Å²) < 4.78 is 12.9. The summed E-state index contributed by atoms with van der Waals surface area (Å²) >= 11 is 0. The summed E-state index contributed by atoms with van der Waals surface area (Å²) in [5, 5.41) is 11.0. The predicted molar refractivity (Wildman–Crippen MR) is 140 cm³/mol. The summed E-state index contributed by atoms with van der Waals surface area (Å²) in [6, 6.07) is 16.3. The molecule has 0 saturated heterocycles. The van der Waals surface area contributed by atoms with Crippen LogP contribution < -0.4 is 20.1 Å². The van der Waals surface area contributed by atoms with Crippen LogP contribution in [0.15, 0.2) is 65.9 Å². The third-order valence-corrected chi connectivity index (χ3v) is 4.70. The highest BCUT2D eigenvalue weighted by Crippen LogP contribution is 2.28. The predicted octanol–water partition coefficient (Wildman–Crippen LogP) is 4.20. The van der Waals surface area contributed by atoms with Gasteiger partial charge in [0.05, 0.1) is 25.9 Å². The second kappa shape index (κ2) is 13.6. The highest BCUT2D eigenvalue weighted by Gasteiger charge is 2.06. The molecule has 0 bridgehead atoms. The minimum Gasteiger partial charge on any atom is -0.493 e. The maximum Gasteiger partial charge on any atom is 0.191 e. The van der Waals surface area contributed by atoms with Gasteiger partial charge in [0.1, 0.15) is 0 Å². The van der Waals surface area contributed by atoms with Crippen molar-refractivity contribution in [2.45, 2.75) is 26.8 Å². The number of rotatable bonds is 10. The Hall–Kier alpha value is -2.75. The lowest BCUT2D eigenvalue weighted by molar-refractivity contribution is 0.310. The molecule has 0 spiro atoms. The van der Waals surface area contributed by atoms with Crippen molar-refractivity contribution in [1.82, 2.24) is 20.4 Å². The Morgan fingerprint density at radius 1 is 1.03 bits per heavy atom. The Morgan fingerprint density at radius 2 is 1.81 bits per heavy atom. The second-order valence-corrected chi connectivity index (χ2v) is 6.91. The third-order valence-electron chi connectivity index (χ3n) is 4.70. The number of nitrogens with zero attached hydrogens (tertiary/aromatic N) is 3. The molecule has 1 aromatic heterocycles. The van der Waals surface area contributed by atoms with Crippen LogP contribution in [0.3, 0.4) is 0 Å². The Labute approximate surface area is 207 Å². The van der Waals surface area contributed by atoms with Crippen molar-refractivity contribution in [3.63, 3.8) is 0 Å². The maximum absolute atomic E-state index is 5.58. The maximum atomic E-state index is 5.58. The first-order valence-corrected chi connectivity index (χ1v) is 10.6. The first-order valence-electron chi connectivity index (χ1n) is 10.6. The Balaban J connectivity index is 0.00000363. The molecule has 0 radical (unpaired) electrons. The number of halogens is 1. The van der Waals surface area contributed by atoms with Crippen LogP contribution >= 0.6 is 24.0 Å². The van der Waals surface area contributed by atoms with Gasteiger partial charge in [-0.25, -0.2) is 9.67 Å². The van der Waals surface area contributed by atoms with Crippen LogP contribution in [-0.4, -0.2) is 42.5 Å². The number of hydrogen-bond acceptors (Lipinski definition) is 4. The molecule has 172 valence electrons. The van der Waals surface area contributed by atoms with E-state index in [-0.39, 0.29) is 24.0 Å². The SMILES string of the molecule is CCNC(=NCc1ccc(OCC)c(OC)c1)NCCc1ccc(-n2cccn2)cc1.I. The fourth-order valence-corrected chi connectivity index (χ4v) is 3.16. The van der Waals surface area contributed by atoms with E-state index in [1.54, 1.807) is 13.3 Å². The van der Waals surface area contributed by atoms with Crippen LogP contribution in [0.4, 0.5) is 0 Å². The molecule has 3 aromatic rings. The van der Waals surface area contributed by atoms with Crippen molar-refractivity contribution in [2.75, 3.05) is 26.8 Å². The van der Waals surface area contributed by atoms with Crippen molar-refractivity contribution >= 4 is 29.9 Å². The van der Waals surface area contributed by atoms with Crippen LogP contribution in [0.1, 0.15) is 25.0 Å². The number of aromatic nitrogens is 2. The molecule has 0 unspecified atom stereocenters. The first kappa shape index (κ1) is 25.5. The van der Waals surface area contributed by atoms with E-state index in [9.17, 15) is 0 Å². The van der Waals surface area contributed by atoms with Gasteiger partial charge >= 0.3 is 0 Å². The normalized spacial score (nSPS) is 10.9. The fraction of sp³-hybridized carbons (Fsp3) is 0.333. The number of guanidine groups is 1. The van der Waals surface area contributed by atoms with E-state index in [1.807, 2.05) is 42.1 Å². The fourth-order valence-electron chi connectivity index (χ4n) is 3.16. The highest BCUT2D eigenvalue weighted by molar-refractivity contribution is 14.0. The molecule has 8 heteroatoms. The molecule has 0 fully saturated rings. The molecule has 32 heavy (non-hydrogen) atoms. The largest absolute Gasteiger partial charge is 0.493 e. The Kier molecular flexibility index (Phi) is 10.9. The summed E-state index contributed by atoms with van der Waals surface area (Å²) in [5.41, 5.74) is 3.38. The third kappa shape index (κ3) is 7.44. The first-order chi connectivity index (χ1) is 15.2. The molecule has 2 aromatic carbocycles. The summed E-state index contributed by atoms with van der Waals surface area (Å²) in [6.07, 6.45) is 4.62. The molecule has 0 aliphatic rings. The van der Waals surface area contributed by atoms with Crippen LogP contribution in [-0.2, 0) is 13.0 Å². The number of benzene rings is 2. The summed E-state index contributed by atoms with van der Waals surface area (Å²) in [4.78, 5) is 4.70. The summed E-state index contributed by atoms with van der Waals surface area (Å²) in [7, 11) is 1.65. The molecule has 3 rings (SSSR count). The second-order valence-electron chi connectivity index (χ2n) is 6.91. The zero-order chi connectivity index (χ0) is 21.9. The van der Waals surface area contributed by atoms with Gasteiger partial charge in [-0.05, 0) is 61.7 Å². The molecule has 1 heterocycles. The molecule has 0 saturated carbocycles. The number of hydrogen-bond donors (Lipinski definition) is 2. The van der Waals surface area contributed by atoms with E-state index in [2.05, 4.69) is 46.9 Å². The van der Waals surface area contributed by atoms with Gasteiger partial charge in [-0.1, -0.05) is 18.2 Å². The summed E-state index contributed by atoms with van der Waals surface area (Å²) in [5.74, 6) is 2.27. The highest BCUT2D eigenvalue weighted by atomic mass is 127. The molecular weight excluding hydrogens is 517 g/mol. The van der Waals surface area contributed by atoms with E-state index in [1.165, 1.54) is 5.56 Å². The topological polar surface area (TPSA) is 72.7 Å². The minimum atomic E-state index is 0. The van der Waals surface area contributed by atoms with E-state index < -0.39 is 0 Å². The van der Waals surface area contributed by atoms with Crippen molar-refractivity contribution in [1.29, 1.82) is 0 Å². The molecule has 7 nitrogen and oxygen atoms in total. The molecule has 0 aliphatic heterocycles. The van der Waals surface area contributed by atoms with Gasteiger partial charge in [-0.3, -0.25) is 0 Å². The van der Waals surface area contributed by atoms with Crippen LogP contribution in [0.5, 0.6) is 11.5 Å². The van der Waals surface area contributed by atoms with Crippen LogP contribution in [0.25, 0.3) is 5.69 Å². The zero-order valence-electron chi connectivity index (χ0n) is 18.9. The van der Waals surface area contributed by atoms with E-state index in [0.717, 1.165) is 48.2 Å². The van der Waals surface area contributed by atoms with Crippen molar-refractivity contribution < 1.29 is 9.47 Å². The smallest absolute Gasteiger partial charge is 0.191 e. The lowest BCUT2D eigenvalue weighted by atomic mass is 10.1. The Bertz CT molecular complexity index is 959. The number of methoxy groups -OCH3 is 1. The van der Waals surface area contributed by atoms with Crippen LogP contribution in [0.2, 0.25) is 0 Å². The standard InChI is InChI=1S/C24H31N5O2.HI/c1-4-25-24(27-18-20-9-12-22(31-5-2)23(17-20)30-3)26-15-13-19-7-10-21(11-8-19)29-16-6-14-28-29;/h6-12,14,16-17H,4-5,13,15,18H2,1-3H3,(H2,25,26,27);1H. The van der Waals surface area contributed by atoms with Crippen molar-refractivity contribution in [3.05, 3.63) is 72.1 Å². The Morgan fingerprint density at radius 3 is 2.47 bits per heavy atom. The van der Waals surface area contributed by atoms with Gasteiger partial charge in [-0.15, -0.1) is 24.0 Å². The molecular formula is C24H32IN5O2. The lowest BCUT2D eigenvalue weighted by Crippen LogP contribution is -2.38. The monoisotopic (exact) mass is 549 g/mol. The van der Waals surface area contributed by atoms with Gasteiger partial charge in [-0.2, -0.15) is 5.10 Å². The van der Waals surface area contributed by atoms with E-state index in [4.69, 9.17) is 14.5 Å². The minimum absolute atomic E-state index is 0. The number of nitrogens with one attached hydrogen (secondary N) is 2. The molecule has 0 amide bonds.